The van der Waals surface area contributed by atoms with E-state index < -0.39 is 0 Å². The zero-order valence-corrected chi connectivity index (χ0v) is 18.4. The van der Waals surface area contributed by atoms with Crippen LogP contribution in [0.5, 0.6) is 5.75 Å². The summed E-state index contributed by atoms with van der Waals surface area (Å²) < 4.78 is 6.82. The van der Waals surface area contributed by atoms with Crippen LogP contribution in [0, 0.1) is 0 Å². The summed E-state index contributed by atoms with van der Waals surface area (Å²) in [4.78, 5) is 4.02. The van der Waals surface area contributed by atoms with Crippen LogP contribution in [0.3, 0.4) is 0 Å². The molecule has 0 unspecified atom stereocenters. The molecule has 0 saturated heterocycles. The van der Waals surface area contributed by atoms with Gasteiger partial charge in [-0.05, 0) is 69.0 Å². The molecule has 3 aromatic rings. The van der Waals surface area contributed by atoms with Gasteiger partial charge in [0.05, 0.1) is 4.47 Å². The number of pyridine rings is 1. The van der Waals surface area contributed by atoms with Crippen LogP contribution < -0.4 is 10.1 Å². The maximum Gasteiger partial charge on any atom is 0.134 e. The standard InChI is InChI=1S/C20H18BrClN2O.2ClH/c21-19-11-17(13-24-12-15-7-9-23-10-8-15)3-6-20(19)25-14-16-1-4-18(22)5-2-16;;/h1-11,24H,12-14H2;2*1H. The summed E-state index contributed by atoms with van der Waals surface area (Å²) in [6.07, 6.45) is 3.61. The minimum atomic E-state index is 0. The highest BCUT2D eigenvalue weighted by atomic mass is 79.9. The van der Waals surface area contributed by atoms with Gasteiger partial charge in [-0.2, -0.15) is 0 Å². The van der Waals surface area contributed by atoms with Crippen LogP contribution in [0.15, 0.2) is 71.5 Å². The van der Waals surface area contributed by atoms with E-state index >= 15 is 0 Å². The first kappa shape index (κ1) is 23.7. The average molecular weight is 491 g/mol. The summed E-state index contributed by atoms with van der Waals surface area (Å²) in [5.41, 5.74) is 3.50. The predicted molar refractivity (Wildman–Crippen MR) is 119 cm³/mol. The van der Waals surface area contributed by atoms with Gasteiger partial charge in [-0.3, -0.25) is 4.98 Å². The van der Waals surface area contributed by atoms with Crippen molar-refractivity contribution in [3.63, 3.8) is 0 Å². The molecular weight excluding hydrogens is 470 g/mol. The molecule has 0 aliphatic carbocycles. The van der Waals surface area contributed by atoms with Crippen molar-refractivity contribution in [1.82, 2.24) is 10.3 Å². The lowest BCUT2D eigenvalue weighted by Gasteiger charge is -2.11. The van der Waals surface area contributed by atoms with E-state index in [-0.39, 0.29) is 24.8 Å². The van der Waals surface area contributed by atoms with Crippen LogP contribution in [0.25, 0.3) is 0 Å². The molecule has 1 heterocycles. The van der Waals surface area contributed by atoms with Gasteiger partial charge in [-0.15, -0.1) is 24.8 Å². The zero-order valence-electron chi connectivity index (χ0n) is 14.4. The molecular formula is C20H20BrCl3N2O. The van der Waals surface area contributed by atoms with Gasteiger partial charge in [0.1, 0.15) is 12.4 Å². The molecule has 0 saturated carbocycles. The van der Waals surface area contributed by atoms with Crippen molar-refractivity contribution in [1.29, 1.82) is 0 Å². The van der Waals surface area contributed by atoms with Crippen LogP contribution >= 0.6 is 52.3 Å². The molecule has 27 heavy (non-hydrogen) atoms. The highest BCUT2D eigenvalue weighted by Gasteiger charge is 2.04. The molecule has 0 amide bonds. The summed E-state index contributed by atoms with van der Waals surface area (Å²) in [6.45, 7) is 2.11. The summed E-state index contributed by atoms with van der Waals surface area (Å²) >= 11 is 9.48. The van der Waals surface area contributed by atoms with Gasteiger partial charge in [-0.1, -0.05) is 29.8 Å². The van der Waals surface area contributed by atoms with Gasteiger partial charge in [0.25, 0.3) is 0 Å². The van der Waals surface area contributed by atoms with Gasteiger partial charge >= 0.3 is 0 Å². The molecule has 1 aromatic heterocycles. The van der Waals surface area contributed by atoms with Crippen LogP contribution in [0.2, 0.25) is 5.02 Å². The summed E-state index contributed by atoms with van der Waals surface area (Å²) in [5, 5.41) is 4.16. The van der Waals surface area contributed by atoms with Gasteiger partial charge in [0.15, 0.2) is 0 Å². The largest absolute Gasteiger partial charge is 0.488 e. The Balaban J connectivity index is 0.00000182. The maximum absolute atomic E-state index is 5.89. The number of benzene rings is 2. The second-order valence-electron chi connectivity index (χ2n) is 5.64. The van der Waals surface area contributed by atoms with Crippen molar-refractivity contribution >= 4 is 52.3 Å². The zero-order chi connectivity index (χ0) is 17.5. The second kappa shape index (κ2) is 12.2. The Hall–Kier alpha value is -1.30. The molecule has 0 bridgehead atoms. The van der Waals surface area contributed by atoms with Crippen LogP contribution in [-0.4, -0.2) is 4.98 Å². The van der Waals surface area contributed by atoms with E-state index in [4.69, 9.17) is 16.3 Å². The molecule has 0 radical (unpaired) electrons. The fourth-order valence-electron chi connectivity index (χ4n) is 2.36. The summed E-state index contributed by atoms with van der Waals surface area (Å²) in [6, 6.07) is 17.8. The first-order valence-electron chi connectivity index (χ1n) is 7.96. The van der Waals surface area contributed by atoms with E-state index in [2.05, 4.69) is 38.4 Å². The normalized spacial score (nSPS) is 9.85. The van der Waals surface area contributed by atoms with Gasteiger partial charge < -0.3 is 10.1 Å². The van der Waals surface area contributed by atoms with E-state index in [9.17, 15) is 0 Å². The third-order valence-electron chi connectivity index (χ3n) is 3.71. The molecule has 0 aliphatic heterocycles. The Morgan fingerprint density at radius 2 is 1.48 bits per heavy atom. The fraction of sp³-hybridized carbons (Fsp3) is 0.150. The van der Waals surface area contributed by atoms with E-state index in [0.29, 0.717) is 6.61 Å². The van der Waals surface area contributed by atoms with Gasteiger partial charge in [0.2, 0.25) is 0 Å². The lowest BCUT2D eigenvalue weighted by Crippen LogP contribution is -2.12. The second-order valence-corrected chi connectivity index (χ2v) is 6.93. The summed E-state index contributed by atoms with van der Waals surface area (Å²) in [5.74, 6) is 0.827. The first-order chi connectivity index (χ1) is 12.2. The molecule has 0 fully saturated rings. The smallest absolute Gasteiger partial charge is 0.134 e. The lowest BCUT2D eigenvalue weighted by molar-refractivity contribution is 0.304. The number of rotatable bonds is 7. The Kier molecular flexibility index (Phi) is 10.7. The van der Waals surface area contributed by atoms with Crippen molar-refractivity contribution in [2.45, 2.75) is 19.7 Å². The minimum Gasteiger partial charge on any atom is -0.488 e. The minimum absolute atomic E-state index is 0. The number of ether oxygens (including phenoxy) is 1. The third kappa shape index (κ3) is 7.68. The fourth-order valence-corrected chi connectivity index (χ4v) is 3.03. The topological polar surface area (TPSA) is 34.1 Å². The third-order valence-corrected chi connectivity index (χ3v) is 4.58. The maximum atomic E-state index is 5.89. The number of nitrogens with one attached hydrogen (secondary N) is 1. The average Bonchev–Trinajstić information content (AvgIpc) is 2.63. The number of nitrogens with zero attached hydrogens (tertiary/aromatic N) is 1. The molecule has 144 valence electrons. The van der Waals surface area contributed by atoms with Crippen LogP contribution in [0.1, 0.15) is 16.7 Å². The van der Waals surface area contributed by atoms with Crippen molar-refractivity contribution in [3.05, 3.63) is 93.2 Å². The van der Waals surface area contributed by atoms with E-state index in [1.165, 1.54) is 11.1 Å². The number of halogens is 4. The van der Waals surface area contributed by atoms with Crippen molar-refractivity contribution < 1.29 is 4.74 Å². The molecule has 0 aliphatic rings. The molecule has 0 atom stereocenters. The Morgan fingerprint density at radius 3 is 2.15 bits per heavy atom. The monoisotopic (exact) mass is 488 g/mol. The van der Waals surface area contributed by atoms with Crippen molar-refractivity contribution in [2.75, 3.05) is 0 Å². The first-order valence-corrected chi connectivity index (χ1v) is 9.13. The van der Waals surface area contributed by atoms with E-state index in [1.807, 2.05) is 42.5 Å². The Bertz CT molecular complexity index is 817. The van der Waals surface area contributed by atoms with E-state index in [1.54, 1.807) is 12.4 Å². The lowest BCUT2D eigenvalue weighted by atomic mass is 10.2. The van der Waals surface area contributed by atoms with Crippen LogP contribution in [0.4, 0.5) is 0 Å². The SMILES string of the molecule is Cl.Cl.Clc1ccc(COc2ccc(CNCc3ccncc3)cc2Br)cc1. The van der Waals surface area contributed by atoms with Gasteiger partial charge in [-0.25, -0.2) is 0 Å². The molecule has 3 nitrogen and oxygen atoms in total. The van der Waals surface area contributed by atoms with Crippen LogP contribution in [-0.2, 0) is 19.7 Å². The van der Waals surface area contributed by atoms with Crippen molar-refractivity contribution in [3.8, 4) is 5.75 Å². The molecule has 3 rings (SSSR count). The number of aromatic nitrogens is 1. The molecule has 0 spiro atoms. The quantitative estimate of drug-likeness (QED) is 0.428. The Labute approximate surface area is 185 Å². The van der Waals surface area contributed by atoms with Crippen molar-refractivity contribution in [2.24, 2.45) is 0 Å². The Morgan fingerprint density at radius 1 is 0.852 bits per heavy atom. The molecule has 2 aromatic carbocycles. The predicted octanol–water partition coefficient (Wildman–Crippen LogP) is 6.21. The molecule has 7 heteroatoms. The van der Waals surface area contributed by atoms with E-state index in [0.717, 1.165) is 33.9 Å². The molecule has 1 N–H and O–H groups in total. The number of hydrogen-bond donors (Lipinski definition) is 1. The van der Waals surface area contributed by atoms with Gasteiger partial charge in [0, 0.05) is 30.5 Å². The summed E-state index contributed by atoms with van der Waals surface area (Å²) in [7, 11) is 0. The number of hydrogen-bond acceptors (Lipinski definition) is 3. The highest BCUT2D eigenvalue weighted by Crippen LogP contribution is 2.27. The highest BCUT2D eigenvalue weighted by molar-refractivity contribution is 9.10.